The number of phenols is 1. The lowest BCUT2D eigenvalue weighted by Gasteiger charge is -2.08. The van der Waals surface area contributed by atoms with Crippen molar-refractivity contribution < 1.29 is 23.1 Å². The van der Waals surface area contributed by atoms with Crippen molar-refractivity contribution in [3.05, 3.63) is 58.4 Å². The molecule has 0 aliphatic heterocycles. The first-order chi connectivity index (χ1) is 9.40. The summed E-state index contributed by atoms with van der Waals surface area (Å²) in [4.78, 5) is 11.8. The minimum Gasteiger partial charge on any atom is -0.507 e. The van der Waals surface area contributed by atoms with Crippen molar-refractivity contribution in [2.75, 3.05) is 5.32 Å². The van der Waals surface area contributed by atoms with Gasteiger partial charge >= 0.3 is 0 Å². The molecule has 2 N–H and O–H groups in total. The molecule has 0 aliphatic carbocycles. The van der Waals surface area contributed by atoms with E-state index in [0.29, 0.717) is 6.07 Å². The summed E-state index contributed by atoms with van der Waals surface area (Å²) in [7, 11) is 0. The smallest absolute Gasteiger partial charge is 0.259 e. The van der Waals surface area contributed by atoms with Gasteiger partial charge in [-0.15, -0.1) is 0 Å². The minimum atomic E-state index is -1.69. The van der Waals surface area contributed by atoms with Crippen LogP contribution < -0.4 is 5.32 Å². The molecule has 2 rings (SSSR count). The maximum atomic E-state index is 13.4. The number of hydrogen-bond donors (Lipinski definition) is 2. The third-order valence-electron chi connectivity index (χ3n) is 2.49. The Kier molecular flexibility index (Phi) is 3.85. The van der Waals surface area contributed by atoms with Crippen LogP contribution in [0.15, 0.2) is 30.3 Å². The van der Waals surface area contributed by atoms with Gasteiger partial charge in [0.2, 0.25) is 0 Å². The van der Waals surface area contributed by atoms with E-state index < -0.39 is 34.8 Å². The van der Waals surface area contributed by atoms with E-state index in [-0.39, 0.29) is 10.6 Å². The van der Waals surface area contributed by atoms with Crippen LogP contribution in [0.4, 0.5) is 18.9 Å². The molecule has 0 radical (unpaired) electrons. The van der Waals surface area contributed by atoms with Gasteiger partial charge in [0, 0.05) is 5.02 Å². The number of benzene rings is 2. The number of nitrogens with one attached hydrogen (secondary N) is 1. The molecule has 2 aromatic rings. The molecule has 20 heavy (non-hydrogen) atoms. The predicted molar refractivity (Wildman–Crippen MR) is 67.4 cm³/mol. The van der Waals surface area contributed by atoms with E-state index in [4.69, 9.17) is 11.6 Å². The van der Waals surface area contributed by atoms with Gasteiger partial charge in [0.05, 0.1) is 11.3 Å². The Labute approximate surface area is 116 Å². The molecule has 7 heteroatoms. The Morgan fingerprint density at radius 2 is 1.80 bits per heavy atom. The number of carbonyl (C=O) groups is 1. The third-order valence-corrected chi connectivity index (χ3v) is 2.72. The molecule has 1 amide bonds. The largest absolute Gasteiger partial charge is 0.507 e. The van der Waals surface area contributed by atoms with Gasteiger partial charge in [0.15, 0.2) is 17.5 Å². The Morgan fingerprint density at radius 1 is 1.10 bits per heavy atom. The lowest BCUT2D eigenvalue weighted by Crippen LogP contribution is -2.14. The molecule has 3 nitrogen and oxygen atoms in total. The number of halogens is 4. The summed E-state index contributed by atoms with van der Waals surface area (Å²) in [5, 5.41) is 11.8. The van der Waals surface area contributed by atoms with E-state index in [1.165, 1.54) is 12.1 Å². The summed E-state index contributed by atoms with van der Waals surface area (Å²) in [5.74, 6) is -5.88. The molecule has 0 aromatic heterocycles. The number of hydrogen-bond acceptors (Lipinski definition) is 2. The fourth-order valence-corrected chi connectivity index (χ4v) is 1.68. The van der Waals surface area contributed by atoms with Gasteiger partial charge in [-0.3, -0.25) is 4.79 Å². The SMILES string of the molecule is O=C(Nc1ccc(F)c(F)c1F)c1ccc(Cl)cc1O. The van der Waals surface area contributed by atoms with Crippen LogP contribution in [0.2, 0.25) is 5.02 Å². The maximum Gasteiger partial charge on any atom is 0.259 e. The van der Waals surface area contributed by atoms with Crippen molar-refractivity contribution >= 4 is 23.2 Å². The first-order valence-corrected chi connectivity index (χ1v) is 5.71. The molecule has 0 bridgehead atoms. The van der Waals surface area contributed by atoms with E-state index in [9.17, 15) is 23.1 Å². The van der Waals surface area contributed by atoms with E-state index in [2.05, 4.69) is 0 Å². The standard InChI is InChI=1S/C13H7ClF3NO2/c14-6-1-2-7(10(19)5-6)13(20)18-9-4-3-8(15)11(16)12(9)17/h1-5,19H,(H,18,20). The molecule has 0 atom stereocenters. The second kappa shape index (κ2) is 5.42. The normalized spacial score (nSPS) is 10.4. The summed E-state index contributed by atoms with van der Waals surface area (Å²) in [6.07, 6.45) is 0. The van der Waals surface area contributed by atoms with E-state index in [0.717, 1.165) is 12.1 Å². The molecular weight excluding hydrogens is 295 g/mol. The second-order valence-electron chi connectivity index (χ2n) is 3.84. The number of rotatable bonds is 2. The van der Waals surface area contributed by atoms with Crippen molar-refractivity contribution in [2.45, 2.75) is 0 Å². The first kappa shape index (κ1) is 14.2. The highest BCUT2D eigenvalue weighted by Gasteiger charge is 2.17. The topological polar surface area (TPSA) is 49.3 Å². The van der Waals surface area contributed by atoms with Crippen molar-refractivity contribution in [1.82, 2.24) is 0 Å². The molecule has 0 unspecified atom stereocenters. The highest BCUT2D eigenvalue weighted by Crippen LogP contribution is 2.24. The zero-order valence-electron chi connectivity index (χ0n) is 9.75. The highest BCUT2D eigenvalue weighted by atomic mass is 35.5. The van der Waals surface area contributed by atoms with Crippen molar-refractivity contribution in [2.24, 2.45) is 0 Å². The molecule has 0 heterocycles. The number of carbonyl (C=O) groups excluding carboxylic acids is 1. The van der Waals surface area contributed by atoms with Gasteiger partial charge in [-0.05, 0) is 30.3 Å². The highest BCUT2D eigenvalue weighted by molar-refractivity contribution is 6.30. The minimum absolute atomic E-state index is 0.182. The Bertz CT molecular complexity index is 692. The molecule has 104 valence electrons. The zero-order chi connectivity index (χ0) is 14.9. The first-order valence-electron chi connectivity index (χ1n) is 5.33. The van der Waals surface area contributed by atoms with E-state index in [1.807, 2.05) is 5.32 Å². The Balaban J connectivity index is 2.30. The number of anilines is 1. The van der Waals surface area contributed by atoms with Crippen LogP contribution in [0, 0.1) is 17.5 Å². The lowest BCUT2D eigenvalue weighted by atomic mass is 10.2. The monoisotopic (exact) mass is 301 g/mol. The molecule has 0 spiro atoms. The number of aromatic hydroxyl groups is 1. The van der Waals surface area contributed by atoms with E-state index >= 15 is 0 Å². The van der Waals surface area contributed by atoms with Crippen molar-refractivity contribution in [3.63, 3.8) is 0 Å². The lowest BCUT2D eigenvalue weighted by molar-refractivity contribution is 0.102. The van der Waals surface area contributed by atoms with E-state index in [1.54, 1.807) is 0 Å². The van der Waals surface area contributed by atoms with Crippen molar-refractivity contribution in [1.29, 1.82) is 0 Å². The van der Waals surface area contributed by atoms with Gasteiger partial charge in [-0.1, -0.05) is 11.6 Å². The molecule has 0 saturated carbocycles. The average molecular weight is 302 g/mol. The summed E-state index contributed by atoms with van der Waals surface area (Å²) in [6, 6.07) is 5.23. The zero-order valence-corrected chi connectivity index (χ0v) is 10.5. The summed E-state index contributed by atoms with van der Waals surface area (Å²) in [5.41, 5.74) is -0.721. The summed E-state index contributed by atoms with van der Waals surface area (Å²) in [6.45, 7) is 0. The molecule has 0 fully saturated rings. The Hall–Kier alpha value is -2.21. The summed E-state index contributed by atoms with van der Waals surface area (Å²) < 4.78 is 39.1. The quantitative estimate of drug-likeness (QED) is 0.831. The van der Waals surface area contributed by atoms with Crippen LogP contribution in [0.1, 0.15) is 10.4 Å². The van der Waals surface area contributed by atoms with Crippen LogP contribution in [0.5, 0.6) is 5.75 Å². The van der Waals surface area contributed by atoms with Gasteiger partial charge in [-0.25, -0.2) is 13.2 Å². The van der Waals surface area contributed by atoms with Gasteiger partial charge in [-0.2, -0.15) is 0 Å². The van der Waals surface area contributed by atoms with Crippen LogP contribution in [0.3, 0.4) is 0 Å². The fraction of sp³-hybridized carbons (Fsp3) is 0. The van der Waals surface area contributed by atoms with Crippen LogP contribution in [-0.2, 0) is 0 Å². The molecule has 0 aliphatic rings. The van der Waals surface area contributed by atoms with Crippen LogP contribution in [0.25, 0.3) is 0 Å². The number of amides is 1. The maximum absolute atomic E-state index is 13.4. The summed E-state index contributed by atoms with van der Waals surface area (Å²) >= 11 is 5.60. The van der Waals surface area contributed by atoms with Crippen LogP contribution in [-0.4, -0.2) is 11.0 Å². The van der Waals surface area contributed by atoms with Crippen LogP contribution >= 0.6 is 11.6 Å². The van der Waals surface area contributed by atoms with Crippen molar-refractivity contribution in [3.8, 4) is 5.75 Å². The van der Waals surface area contributed by atoms with Gasteiger partial charge in [0.25, 0.3) is 5.91 Å². The van der Waals surface area contributed by atoms with Gasteiger partial charge in [0.1, 0.15) is 5.75 Å². The van der Waals surface area contributed by atoms with Gasteiger partial charge < -0.3 is 10.4 Å². The molecular formula is C13H7ClF3NO2. The third kappa shape index (κ3) is 2.70. The molecule has 2 aromatic carbocycles. The molecule has 0 saturated heterocycles. The Morgan fingerprint density at radius 3 is 2.45 bits per heavy atom. The number of phenolic OH excluding ortho intramolecular Hbond substituents is 1. The second-order valence-corrected chi connectivity index (χ2v) is 4.27. The average Bonchev–Trinajstić information content (AvgIpc) is 2.39. The fourth-order valence-electron chi connectivity index (χ4n) is 1.51. The predicted octanol–water partition coefficient (Wildman–Crippen LogP) is 3.72.